The summed E-state index contributed by atoms with van der Waals surface area (Å²) >= 11 is 0. The van der Waals surface area contributed by atoms with Crippen LogP contribution in [0.4, 0.5) is 0 Å². The van der Waals surface area contributed by atoms with Crippen LogP contribution in [0.1, 0.15) is 106 Å². The van der Waals surface area contributed by atoms with Gasteiger partial charge in [-0.1, -0.05) is 25.5 Å². The fraction of sp³-hybridized carbons (Fsp3) is 0.959. The highest BCUT2D eigenvalue weighted by molar-refractivity contribution is 5.31. The van der Waals surface area contributed by atoms with Gasteiger partial charge in [-0.05, 0) is 90.4 Å². The third-order valence-corrected chi connectivity index (χ3v) is 18.1. The summed E-state index contributed by atoms with van der Waals surface area (Å²) in [5, 5.41) is 68.1. The molecule has 7 fully saturated rings. The lowest BCUT2D eigenvalue weighted by molar-refractivity contribution is -0.355. The van der Waals surface area contributed by atoms with Crippen LogP contribution < -0.4 is 0 Å². The number of ether oxygens (including phenoxy) is 12. The van der Waals surface area contributed by atoms with Crippen LogP contribution in [0.15, 0.2) is 11.6 Å². The molecule has 0 aromatic heterocycles. The van der Waals surface area contributed by atoms with Gasteiger partial charge in [-0.2, -0.15) is 0 Å². The number of aliphatic hydroxyl groups is 6. The Balaban J connectivity index is 0.844. The van der Waals surface area contributed by atoms with Crippen molar-refractivity contribution in [2.75, 3.05) is 28.4 Å². The van der Waals surface area contributed by atoms with Gasteiger partial charge in [0.05, 0.1) is 72.7 Å². The minimum absolute atomic E-state index is 0.134. The highest BCUT2D eigenvalue weighted by Crippen LogP contribution is 2.68. The van der Waals surface area contributed by atoms with Crippen molar-refractivity contribution in [3.8, 4) is 0 Å². The van der Waals surface area contributed by atoms with Gasteiger partial charge < -0.3 is 87.5 Å². The summed E-state index contributed by atoms with van der Waals surface area (Å²) in [7, 11) is 6.30. The van der Waals surface area contributed by atoms with E-state index >= 15 is 0 Å². The minimum Gasteiger partial charge on any atom is -0.393 e. The Kier molecular flexibility index (Phi) is 16.0. The van der Waals surface area contributed by atoms with Crippen molar-refractivity contribution in [3.63, 3.8) is 0 Å². The number of aliphatic hydroxyl groups excluding tert-OH is 5. The molecular formula is C49H82O18. The first-order valence-corrected chi connectivity index (χ1v) is 24.9. The number of methoxy groups -OCH3 is 4. The third-order valence-electron chi connectivity index (χ3n) is 18.1. The quantitative estimate of drug-likeness (QED) is 0.146. The summed E-state index contributed by atoms with van der Waals surface area (Å²) in [6.45, 7) is 13.2. The number of allylic oxidation sites excluding steroid dienone is 1. The molecular weight excluding hydrogens is 877 g/mol. The molecule has 0 unspecified atom stereocenters. The topological polar surface area (TPSA) is 232 Å². The van der Waals surface area contributed by atoms with E-state index in [9.17, 15) is 30.6 Å². The Morgan fingerprint density at radius 3 is 1.66 bits per heavy atom. The molecule has 386 valence electrons. The van der Waals surface area contributed by atoms with Crippen LogP contribution in [0.3, 0.4) is 0 Å². The highest BCUT2D eigenvalue weighted by Gasteiger charge is 2.73. The van der Waals surface area contributed by atoms with Crippen molar-refractivity contribution in [2.45, 2.75) is 241 Å². The predicted molar refractivity (Wildman–Crippen MR) is 237 cm³/mol. The van der Waals surface area contributed by atoms with Gasteiger partial charge in [-0.3, -0.25) is 0 Å². The van der Waals surface area contributed by atoms with Crippen LogP contribution in [0.25, 0.3) is 0 Å². The summed E-state index contributed by atoms with van der Waals surface area (Å²) in [6, 6.07) is 0. The van der Waals surface area contributed by atoms with Crippen LogP contribution in [-0.2, 0) is 56.8 Å². The van der Waals surface area contributed by atoms with Gasteiger partial charge in [0, 0.05) is 59.0 Å². The summed E-state index contributed by atoms with van der Waals surface area (Å²) in [5.74, 6) is -0.869. The SMILES string of the molecule is CO[C@H]1[C@@H](O)[C@H](O[C@@H]2[C@@H](C)O[C@@H](O[C@H]3[C@@H](OC)C[C@H](O[C@H]4[C@@H](OC)C[C@H](O[C@@H]5CC[C@@]6(C)C(=CC[C@H]7[C@@H]6[C@H](O)[C@@H](O)[C@]6(C)[C@H]([C@@H](C)O)CC[C@@]76O)C5)O[C@@H]4C)O[C@@H]3C)C[C@H]2OC)O[C@H](C)[C@H]1O. The van der Waals surface area contributed by atoms with Gasteiger partial charge >= 0.3 is 0 Å². The van der Waals surface area contributed by atoms with Crippen molar-refractivity contribution in [1.29, 1.82) is 0 Å². The van der Waals surface area contributed by atoms with E-state index in [0.29, 0.717) is 44.9 Å². The second kappa shape index (κ2) is 20.5. The molecule has 4 heterocycles. The second-order valence-corrected chi connectivity index (χ2v) is 21.6. The van der Waals surface area contributed by atoms with Crippen molar-refractivity contribution in [2.24, 2.45) is 28.6 Å². The number of hydrogen-bond donors (Lipinski definition) is 6. The number of rotatable bonds is 13. The van der Waals surface area contributed by atoms with E-state index in [0.717, 1.165) is 12.8 Å². The molecule has 0 aromatic rings. The van der Waals surface area contributed by atoms with Crippen molar-refractivity contribution in [1.82, 2.24) is 0 Å². The zero-order chi connectivity index (χ0) is 48.5. The molecule has 4 aliphatic carbocycles. The maximum Gasteiger partial charge on any atom is 0.187 e. The fourth-order valence-corrected chi connectivity index (χ4v) is 14.3. The molecule has 3 saturated carbocycles. The van der Waals surface area contributed by atoms with Gasteiger partial charge in [0.15, 0.2) is 25.2 Å². The lowest BCUT2D eigenvalue weighted by Gasteiger charge is -2.64. The van der Waals surface area contributed by atoms with Gasteiger partial charge in [-0.15, -0.1) is 0 Å². The van der Waals surface area contributed by atoms with E-state index in [4.69, 9.17) is 56.8 Å². The van der Waals surface area contributed by atoms with Crippen LogP contribution in [0.2, 0.25) is 0 Å². The van der Waals surface area contributed by atoms with E-state index in [1.807, 2.05) is 27.7 Å². The minimum atomic E-state index is -1.23. The largest absolute Gasteiger partial charge is 0.393 e. The summed E-state index contributed by atoms with van der Waals surface area (Å²) in [5.41, 5.74) is -1.45. The first kappa shape index (κ1) is 52.3. The highest BCUT2D eigenvalue weighted by atomic mass is 16.8. The maximum absolute atomic E-state index is 12.4. The Bertz CT molecular complexity index is 1690. The number of hydrogen-bond acceptors (Lipinski definition) is 18. The van der Waals surface area contributed by atoms with Crippen LogP contribution >= 0.6 is 0 Å². The van der Waals surface area contributed by atoms with Crippen LogP contribution in [0.5, 0.6) is 0 Å². The molecule has 8 aliphatic rings. The Morgan fingerprint density at radius 1 is 0.627 bits per heavy atom. The lowest BCUT2D eigenvalue weighted by atomic mass is 9.44. The van der Waals surface area contributed by atoms with E-state index in [-0.39, 0.29) is 30.0 Å². The van der Waals surface area contributed by atoms with Crippen molar-refractivity contribution < 1.29 is 87.5 Å². The van der Waals surface area contributed by atoms with Crippen molar-refractivity contribution in [3.05, 3.63) is 11.6 Å². The average molecular weight is 959 g/mol. The van der Waals surface area contributed by atoms with Gasteiger partial charge in [0.2, 0.25) is 0 Å². The molecule has 8 rings (SSSR count). The molecule has 0 spiro atoms. The van der Waals surface area contributed by atoms with E-state index in [1.54, 1.807) is 35.2 Å². The molecule has 6 N–H and O–H groups in total. The molecule has 0 amide bonds. The van der Waals surface area contributed by atoms with E-state index in [1.165, 1.54) is 12.7 Å². The molecule has 0 bridgehead atoms. The van der Waals surface area contributed by atoms with Crippen LogP contribution in [0, 0.1) is 28.6 Å². The molecule has 4 aliphatic heterocycles. The van der Waals surface area contributed by atoms with Crippen molar-refractivity contribution >= 4 is 0 Å². The molecule has 0 radical (unpaired) electrons. The molecule has 0 aromatic carbocycles. The van der Waals surface area contributed by atoms with Gasteiger partial charge in [-0.25, -0.2) is 0 Å². The normalized spacial score (nSPS) is 54.1. The second-order valence-electron chi connectivity index (χ2n) is 21.6. The third kappa shape index (κ3) is 9.26. The summed E-state index contributed by atoms with van der Waals surface area (Å²) < 4.78 is 74.5. The Labute approximate surface area is 396 Å². The van der Waals surface area contributed by atoms with Crippen LogP contribution in [-0.4, -0.2) is 194 Å². The average Bonchev–Trinajstić information content (AvgIpc) is 3.58. The summed E-state index contributed by atoms with van der Waals surface area (Å²) in [6.07, 6.45) is -6.79. The number of fused-ring (bicyclic) bond motifs is 5. The molecule has 27 atom stereocenters. The Morgan fingerprint density at radius 2 is 1.15 bits per heavy atom. The maximum atomic E-state index is 12.4. The van der Waals surface area contributed by atoms with E-state index < -0.39 is 133 Å². The smallest absolute Gasteiger partial charge is 0.187 e. The fourth-order valence-electron chi connectivity index (χ4n) is 14.3. The van der Waals surface area contributed by atoms with Gasteiger partial charge in [0.25, 0.3) is 0 Å². The first-order chi connectivity index (χ1) is 31.7. The zero-order valence-corrected chi connectivity index (χ0v) is 41.4. The standard InChI is InChI=1S/C49H82O18/c1-22(50)29-15-17-49(55)30-13-12-27-18-28(14-16-47(27,6)37(30)39(52)45(54)48(29,49)7)64-34-19-31(56-8)41(24(3)60-34)65-35-20-32(57-9)42(25(4)61-35)66-36-21-33(58-10)43(26(5)62-36)67-46-40(53)44(59-11)38(51)23(2)63-46/h12,22-26,28-46,50-55H,13-21H2,1-11H3/t22-,23-,24-,25-,26-,28-,29+,30+,31+,32+,33-,34+,35+,36+,37-,38-,39+,40-,41-,42-,43-,44-,45-,46+,47+,48+,49-/m1/s1. The molecule has 18 heteroatoms. The summed E-state index contributed by atoms with van der Waals surface area (Å²) in [4.78, 5) is 0. The molecule has 67 heavy (non-hydrogen) atoms. The molecule has 4 saturated heterocycles. The monoisotopic (exact) mass is 959 g/mol. The predicted octanol–water partition coefficient (Wildman–Crippen LogP) is 2.47. The zero-order valence-electron chi connectivity index (χ0n) is 41.4. The Hall–Kier alpha value is -0.980. The van der Waals surface area contributed by atoms with Gasteiger partial charge in [0.1, 0.15) is 36.6 Å². The van der Waals surface area contributed by atoms with E-state index in [2.05, 4.69) is 13.0 Å². The lowest BCUT2D eigenvalue weighted by Crippen LogP contribution is -2.71. The molecule has 18 nitrogen and oxygen atoms in total. The first-order valence-electron chi connectivity index (χ1n) is 24.9.